The minimum absolute atomic E-state index is 0.149. The molecule has 0 aromatic heterocycles. The molecule has 0 bridgehead atoms. The first-order valence-electron chi connectivity index (χ1n) is 7.69. The normalized spacial score (nSPS) is 16.1. The maximum absolute atomic E-state index is 12.2. The summed E-state index contributed by atoms with van der Waals surface area (Å²) in [6.45, 7) is 4.93. The quantitative estimate of drug-likeness (QED) is 0.920. The van der Waals surface area contributed by atoms with E-state index in [2.05, 4.69) is 5.32 Å². The maximum atomic E-state index is 12.2. The van der Waals surface area contributed by atoms with Crippen molar-refractivity contribution in [3.05, 3.63) is 53.6 Å². The third-order valence-corrected chi connectivity index (χ3v) is 3.51. The molecule has 2 aromatic rings. The van der Waals surface area contributed by atoms with Crippen molar-refractivity contribution < 1.29 is 19.0 Å². The molecule has 2 aromatic carbocycles. The second kappa shape index (κ2) is 6.60. The van der Waals surface area contributed by atoms with E-state index < -0.39 is 6.23 Å². The fraction of sp³-hybridized carbons (Fsp3) is 0.278. The molecule has 0 aliphatic carbocycles. The molecule has 23 heavy (non-hydrogen) atoms. The van der Waals surface area contributed by atoms with Crippen molar-refractivity contribution in [3.63, 3.8) is 0 Å². The Morgan fingerprint density at radius 2 is 1.78 bits per heavy atom. The second-order valence-corrected chi connectivity index (χ2v) is 5.04. The lowest BCUT2D eigenvalue weighted by Crippen LogP contribution is -2.36. The summed E-state index contributed by atoms with van der Waals surface area (Å²) in [5.41, 5.74) is 1.35. The molecule has 1 aliphatic rings. The Morgan fingerprint density at radius 3 is 2.57 bits per heavy atom. The predicted molar refractivity (Wildman–Crippen MR) is 86.1 cm³/mol. The van der Waals surface area contributed by atoms with Crippen LogP contribution in [-0.2, 0) is 0 Å². The van der Waals surface area contributed by atoms with Gasteiger partial charge in [-0.25, -0.2) is 0 Å². The van der Waals surface area contributed by atoms with Gasteiger partial charge in [0.05, 0.1) is 18.8 Å². The Balaban J connectivity index is 1.90. The summed E-state index contributed by atoms with van der Waals surface area (Å²) in [4.78, 5) is 12.2. The van der Waals surface area contributed by atoms with E-state index in [1.165, 1.54) is 0 Å². The van der Waals surface area contributed by atoms with Crippen LogP contribution in [0, 0.1) is 0 Å². The SMILES string of the molecule is CCOc1ccc([C@@H]2NC(=O)c3ccccc3O2)cc1OCC. The summed E-state index contributed by atoms with van der Waals surface area (Å²) in [6.07, 6.45) is -0.549. The number of fused-ring (bicyclic) bond motifs is 1. The molecule has 1 heterocycles. The van der Waals surface area contributed by atoms with Gasteiger partial charge in [-0.3, -0.25) is 4.79 Å². The van der Waals surface area contributed by atoms with E-state index in [-0.39, 0.29) is 5.91 Å². The van der Waals surface area contributed by atoms with Crippen LogP contribution in [0.4, 0.5) is 0 Å². The van der Waals surface area contributed by atoms with Crippen LogP contribution in [0.2, 0.25) is 0 Å². The molecule has 120 valence electrons. The van der Waals surface area contributed by atoms with Gasteiger partial charge >= 0.3 is 0 Å². The lowest BCUT2D eigenvalue weighted by molar-refractivity contribution is 0.0755. The molecule has 5 heteroatoms. The van der Waals surface area contributed by atoms with E-state index >= 15 is 0 Å². The molecule has 0 saturated heterocycles. The minimum atomic E-state index is -0.549. The number of amides is 1. The average Bonchev–Trinajstić information content (AvgIpc) is 2.57. The molecule has 0 saturated carbocycles. The molecular weight excluding hydrogens is 294 g/mol. The number of hydrogen-bond acceptors (Lipinski definition) is 4. The average molecular weight is 313 g/mol. The lowest BCUT2D eigenvalue weighted by atomic mass is 10.1. The highest BCUT2D eigenvalue weighted by Gasteiger charge is 2.26. The minimum Gasteiger partial charge on any atom is -0.490 e. The largest absolute Gasteiger partial charge is 0.490 e. The van der Waals surface area contributed by atoms with E-state index in [1.807, 2.05) is 44.2 Å². The van der Waals surface area contributed by atoms with Crippen LogP contribution >= 0.6 is 0 Å². The van der Waals surface area contributed by atoms with Crippen molar-refractivity contribution in [3.8, 4) is 17.2 Å². The zero-order valence-corrected chi connectivity index (χ0v) is 13.2. The van der Waals surface area contributed by atoms with Gasteiger partial charge in [0.25, 0.3) is 5.91 Å². The number of hydrogen-bond donors (Lipinski definition) is 1. The monoisotopic (exact) mass is 313 g/mol. The highest BCUT2D eigenvalue weighted by molar-refractivity contribution is 5.98. The van der Waals surface area contributed by atoms with Crippen molar-refractivity contribution >= 4 is 5.91 Å². The van der Waals surface area contributed by atoms with E-state index in [4.69, 9.17) is 14.2 Å². The molecule has 0 fully saturated rings. The smallest absolute Gasteiger partial charge is 0.258 e. The Morgan fingerprint density at radius 1 is 1.04 bits per heavy atom. The first-order valence-corrected chi connectivity index (χ1v) is 7.69. The molecule has 0 radical (unpaired) electrons. The Bertz CT molecular complexity index is 714. The van der Waals surface area contributed by atoms with Crippen LogP contribution in [0.3, 0.4) is 0 Å². The molecule has 0 spiro atoms. The van der Waals surface area contributed by atoms with Gasteiger partial charge < -0.3 is 19.5 Å². The molecule has 1 N–H and O–H groups in total. The third kappa shape index (κ3) is 3.08. The van der Waals surface area contributed by atoms with Gasteiger partial charge in [0.15, 0.2) is 17.7 Å². The Labute approximate surface area is 135 Å². The van der Waals surface area contributed by atoms with Crippen molar-refractivity contribution in [2.45, 2.75) is 20.1 Å². The first-order chi connectivity index (χ1) is 11.2. The van der Waals surface area contributed by atoms with Crippen molar-refractivity contribution in [1.82, 2.24) is 5.32 Å². The Hall–Kier alpha value is -2.69. The fourth-order valence-corrected chi connectivity index (χ4v) is 2.49. The van der Waals surface area contributed by atoms with E-state index in [0.29, 0.717) is 36.0 Å². The number of carbonyl (C=O) groups excluding carboxylic acids is 1. The van der Waals surface area contributed by atoms with E-state index in [0.717, 1.165) is 5.56 Å². The molecule has 1 aliphatic heterocycles. The van der Waals surface area contributed by atoms with Crippen LogP contribution in [-0.4, -0.2) is 19.1 Å². The molecule has 1 amide bonds. The summed E-state index contributed by atoms with van der Waals surface area (Å²) >= 11 is 0. The predicted octanol–water partition coefficient (Wildman–Crippen LogP) is 3.31. The van der Waals surface area contributed by atoms with Crippen molar-refractivity contribution in [1.29, 1.82) is 0 Å². The van der Waals surface area contributed by atoms with E-state index in [1.54, 1.807) is 12.1 Å². The summed E-state index contributed by atoms with van der Waals surface area (Å²) in [5, 5.41) is 2.85. The fourth-order valence-electron chi connectivity index (χ4n) is 2.49. The zero-order chi connectivity index (χ0) is 16.2. The summed E-state index contributed by atoms with van der Waals surface area (Å²) in [7, 11) is 0. The molecule has 3 rings (SSSR count). The highest BCUT2D eigenvalue weighted by atomic mass is 16.5. The molecule has 0 unspecified atom stereocenters. The van der Waals surface area contributed by atoms with Crippen LogP contribution in [0.1, 0.15) is 36.0 Å². The number of ether oxygens (including phenoxy) is 3. The second-order valence-electron chi connectivity index (χ2n) is 5.04. The first kappa shape index (κ1) is 15.2. The third-order valence-electron chi connectivity index (χ3n) is 3.51. The van der Waals surface area contributed by atoms with Gasteiger partial charge in [-0.2, -0.15) is 0 Å². The number of rotatable bonds is 5. The van der Waals surface area contributed by atoms with Gasteiger partial charge in [0, 0.05) is 5.56 Å². The van der Waals surface area contributed by atoms with Gasteiger partial charge in [0.1, 0.15) is 5.75 Å². The van der Waals surface area contributed by atoms with Crippen LogP contribution in [0.25, 0.3) is 0 Å². The van der Waals surface area contributed by atoms with Gasteiger partial charge in [0.2, 0.25) is 0 Å². The van der Waals surface area contributed by atoms with Gasteiger partial charge in [-0.15, -0.1) is 0 Å². The molecular formula is C18H19NO4. The van der Waals surface area contributed by atoms with Crippen LogP contribution in [0.5, 0.6) is 17.2 Å². The zero-order valence-electron chi connectivity index (χ0n) is 13.2. The summed E-state index contributed by atoms with van der Waals surface area (Å²) < 4.78 is 17.1. The maximum Gasteiger partial charge on any atom is 0.258 e. The van der Waals surface area contributed by atoms with Gasteiger partial charge in [-0.05, 0) is 44.2 Å². The number of para-hydroxylation sites is 1. The molecule has 5 nitrogen and oxygen atoms in total. The topological polar surface area (TPSA) is 56.8 Å². The van der Waals surface area contributed by atoms with Crippen LogP contribution < -0.4 is 19.5 Å². The molecule has 1 atom stereocenters. The highest BCUT2D eigenvalue weighted by Crippen LogP contribution is 2.34. The lowest BCUT2D eigenvalue weighted by Gasteiger charge is -2.27. The standard InChI is InChI=1S/C18H19NO4/c1-3-21-15-10-9-12(11-16(15)22-4-2)18-19-17(20)13-7-5-6-8-14(13)23-18/h5-11,18H,3-4H2,1-2H3,(H,19,20)/t18-/m1/s1. The summed E-state index contributed by atoms with van der Waals surface area (Å²) in [5.74, 6) is 1.75. The van der Waals surface area contributed by atoms with Crippen LogP contribution in [0.15, 0.2) is 42.5 Å². The number of benzene rings is 2. The van der Waals surface area contributed by atoms with Crippen molar-refractivity contribution in [2.75, 3.05) is 13.2 Å². The number of carbonyl (C=O) groups is 1. The Kier molecular flexibility index (Phi) is 4.37. The summed E-state index contributed by atoms with van der Waals surface area (Å²) in [6, 6.07) is 12.7. The van der Waals surface area contributed by atoms with Crippen molar-refractivity contribution in [2.24, 2.45) is 0 Å². The number of nitrogens with one attached hydrogen (secondary N) is 1. The van der Waals surface area contributed by atoms with E-state index in [9.17, 15) is 4.79 Å². The van der Waals surface area contributed by atoms with Gasteiger partial charge in [-0.1, -0.05) is 12.1 Å².